The van der Waals surface area contributed by atoms with Gasteiger partial charge < -0.3 is 0 Å². The van der Waals surface area contributed by atoms with Crippen molar-refractivity contribution >= 4 is 0 Å². The summed E-state index contributed by atoms with van der Waals surface area (Å²) in [6, 6.07) is 84.0. The Morgan fingerprint density at radius 3 is 0.0952 bits per heavy atom. The maximum absolute atomic E-state index is 2.00. The summed E-state index contributed by atoms with van der Waals surface area (Å²) >= 11 is 0. The molecule has 0 aromatic heterocycles. The molecule has 0 atom stereocenters. The number of rotatable bonds is 0. The van der Waals surface area contributed by atoms with Gasteiger partial charge in [0.2, 0.25) is 0 Å². The Morgan fingerprint density at radius 2 is 0.0714 bits per heavy atom. The average molecular weight is 547 g/mol. The number of benzene rings is 7. The van der Waals surface area contributed by atoms with Gasteiger partial charge in [-0.2, -0.15) is 0 Å². The molecule has 0 unspecified atom stereocenters. The van der Waals surface area contributed by atoms with Crippen molar-refractivity contribution in [3.8, 4) is 0 Å². The molecule has 0 N–H and O–H groups in total. The summed E-state index contributed by atoms with van der Waals surface area (Å²) in [7, 11) is 0. The van der Waals surface area contributed by atoms with Crippen molar-refractivity contribution in [1.29, 1.82) is 0 Å². The molecule has 0 fully saturated rings. The van der Waals surface area contributed by atoms with Gasteiger partial charge in [-0.25, -0.2) is 0 Å². The van der Waals surface area contributed by atoms with Crippen molar-refractivity contribution in [1.82, 2.24) is 0 Å². The third kappa shape index (κ3) is 29.1. The van der Waals surface area contributed by atoms with E-state index >= 15 is 0 Å². The molecule has 0 aliphatic heterocycles. The lowest BCUT2D eigenvalue weighted by Gasteiger charge is -1.69. The molecule has 7 aromatic rings. The molecule has 42 heavy (non-hydrogen) atoms. The quantitative estimate of drug-likeness (QED) is 0.177. The van der Waals surface area contributed by atoms with Gasteiger partial charge in [0.1, 0.15) is 0 Å². The maximum atomic E-state index is 2.00. The van der Waals surface area contributed by atoms with Gasteiger partial charge >= 0.3 is 0 Å². The highest BCUT2D eigenvalue weighted by Gasteiger charge is 1.61. The fraction of sp³-hybridized carbons (Fsp3) is 0. The fourth-order valence-corrected chi connectivity index (χ4v) is 2.69. The first kappa shape index (κ1) is 34.6. The Balaban J connectivity index is 0.000000245. The van der Waals surface area contributed by atoms with Crippen LogP contribution in [0.2, 0.25) is 0 Å². The average Bonchev–Trinajstić information content (AvgIpc) is 3.15. The normalized spacial score (nSPS) is 8.00. The zero-order chi connectivity index (χ0) is 29.7. The second-order valence-electron chi connectivity index (χ2n) is 8.08. The van der Waals surface area contributed by atoms with Crippen LogP contribution in [-0.2, 0) is 0 Å². The van der Waals surface area contributed by atoms with Gasteiger partial charge in [-0.05, 0) is 0 Å². The lowest BCUT2D eigenvalue weighted by molar-refractivity contribution is 1.72. The monoisotopic (exact) mass is 546 g/mol. The van der Waals surface area contributed by atoms with Gasteiger partial charge in [-0.3, -0.25) is 0 Å². The van der Waals surface area contributed by atoms with Crippen LogP contribution in [0.25, 0.3) is 0 Å². The summed E-state index contributed by atoms with van der Waals surface area (Å²) in [4.78, 5) is 0. The molecule has 0 aliphatic rings. The second kappa shape index (κ2) is 31.8. The Hall–Kier alpha value is -5.46. The first-order chi connectivity index (χ1) is 21.0. The summed E-state index contributed by atoms with van der Waals surface area (Å²) in [6.07, 6.45) is 0. The van der Waals surface area contributed by atoms with E-state index in [1.165, 1.54) is 0 Å². The minimum atomic E-state index is 2.00. The van der Waals surface area contributed by atoms with Crippen LogP contribution in [0.3, 0.4) is 0 Å². The standard InChI is InChI=1S/7C6H6/c7*1-2-4-6-5-3-1/h7*1-6H. The van der Waals surface area contributed by atoms with Crippen LogP contribution in [-0.4, -0.2) is 0 Å². The lowest BCUT2D eigenvalue weighted by Crippen LogP contribution is -1.47. The SMILES string of the molecule is c1ccccc1.c1ccccc1.c1ccccc1.c1ccccc1.c1ccccc1.c1ccccc1.c1ccccc1. The summed E-state index contributed by atoms with van der Waals surface area (Å²) in [5.41, 5.74) is 0. The molecule has 0 aliphatic carbocycles. The zero-order valence-electron chi connectivity index (χ0n) is 24.2. The fourth-order valence-electron chi connectivity index (χ4n) is 2.69. The summed E-state index contributed by atoms with van der Waals surface area (Å²) in [6.45, 7) is 0. The minimum absolute atomic E-state index is 2.00. The van der Waals surface area contributed by atoms with E-state index in [-0.39, 0.29) is 0 Å². The molecule has 7 rings (SSSR count). The van der Waals surface area contributed by atoms with Crippen molar-refractivity contribution in [2.75, 3.05) is 0 Å². The highest BCUT2D eigenvalue weighted by atomic mass is 13.7. The second-order valence-corrected chi connectivity index (χ2v) is 8.08. The Labute approximate surface area is 254 Å². The van der Waals surface area contributed by atoms with E-state index in [2.05, 4.69) is 0 Å². The summed E-state index contributed by atoms with van der Waals surface area (Å²) in [5.74, 6) is 0. The van der Waals surface area contributed by atoms with Gasteiger partial charge in [0.15, 0.2) is 0 Å². The molecule has 0 bridgehead atoms. The van der Waals surface area contributed by atoms with Gasteiger partial charge in [0.05, 0.1) is 0 Å². The van der Waals surface area contributed by atoms with E-state index in [1.54, 1.807) is 0 Å². The van der Waals surface area contributed by atoms with Gasteiger partial charge in [-0.15, -0.1) is 0 Å². The predicted molar refractivity (Wildman–Crippen MR) is 185 cm³/mol. The third-order valence-electron chi connectivity index (χ3n) is 4.67. The van der Waals surface area contributed by atoms with Crippen molar-refractivity contribution < 1.29 is 0 Å². The largest absolute Gasteiger partial charge is 0.0623 e. The molecule has 7 aromatic carbocycles. The minimum Gasteiger partial charge on any atom is -0.0623 e. The number of hydrogen-bond donors (Lipinski definition) is 0. The molecule has 0 saturated carbocycles. The van der Waals surface area contributed by atoms with Gasteiger partial charge in [0, 0.05) is 0 Å². The Kier molecular flexibility index (Phi) is 26.1. The van der Waals surface area contributed by atoms with E-state index in [9.17, 15) is 0 Å². The molecular weight excluding hydrogens is 504 g/mol. The highest BCUT2D eigenvalue weighted by molar-refractivity contribution is 5.02. The van der Waals surface area contributed by atoms with Gasteiger partial charge in [-0.1, -0.05) is 255 Å². The van der Waals surface area contributed by atoms with Crippen LogP contribution < -0.4 is 0 Å². The smallest absolute Gasteiger partial charge is 0.0623 e. The lowest BCUT2D eigenvalue weighted by atomic mass is 10.4. The van der Waals surface area contributed by atoms with Gasteiger partial charge in [0.25, 0.3) is 0 Å². The molecule has 0 amide bonds. The van der Waals surface area contributed by atoms with E-state index in [4.69, 9.17) is 0 Å². The maximum Gasteiger partial charge on any atom is -0.0623 e. The summed E-state index contributed by atoms with van der Waals surface area (Å²) < 4.78 is 0. The van der Waals surface area contributed by atoms with Crippen LogP contribution in [0, 0.1) is 0 Å². The molecular formula is C42H42. The van der Waals surface area contributed by atoms with Crippen LogP contribution >= 0.6 is 0 Å². The highest BCUT2D eigenvalue weighted by Crippen LogP contribution is 1.83. The van der Waals surface area contributed by atoms with Crippen LogP contribution in [0.15, 0.2) is 255 Å². The first-order valence-corrected chi connectivity index (χ1v) is 14.0. The molecule has 0 nitrogen and oxygen atoms in total. The van der Waals surface area contributed by atoms with E-state index in [1.807, 2.05) is 255 Å². The van der Waals surface area contributed by atoms with E-state index < -0.39 is 0 Å². The molecule has 210 valence electrons. The van der Waals surface area contributed by atoms with Crippen LogP contribution in [0.4, 0.5) is 0 Å². The van der Waals surface area contributed by atoms with Crippen molar-refractivity contribution in [3.05, 3.63) is 255 Å². The molecule has 0 radical (unpaired) electrons. The van der Waals surface area contributed by atoms with Crippen molar-refractivity contribution in [2.45, 2.75) is 0 Å². The van der Waals surface area contributed by atoms with Crippen LogP contribution in [0.1, 0.15) is 0 Å². The van der Waals surface area contributed by atoms with Crippen LogP contribution in [0.5, 0.6) is 0 Å². The van der Waals surface area contributed by atoms with Crippen molar-refractivity contribution in [3.63, 3.8) is 0 Å². The molecule has 0 spiro atoms. The van der Waals surface area contributed by atoms with E-state index in [0.29, 0.717) is 0 Å². The Bertz CT molecular complexity index is 813. The topological polar surface area (TPSA) is 0 Å². The summed E-state index contributed by atoms with van der Waals surface area (Å²) in [5, 5.41) is 0. The molecule has 0 heterocycles. The Morgan fingerprint density at radius 1 is 0.0476 bits per heavy atom. The molecule has 0 heteroatoms. The third-order valence-corrected chi connectivity index (χ3v) is 4.67. The first-order valence-electron chi connectivity index (χ1n) is 14.0. The number of hydrogen-bond acceptors (Lipinski definition) is 0. The zero-order valence-corrected chi connectivity index (χ0v) is 24.2. The van der Waals surface area contributed by atoms with Crippen molar-refractivity contribution in [2.24, 2.45) is 0 Å². The predicted octanol–water partition coefficient (Wildman–Crippen LogP) is 11.8. The molecule has 0 saturated heterocycles. The van der Waals surface area contributed by atoms with E-state index in [0.717, 1.165) is 0 Å².